The quantitative estimate of drug-likeness (QED) is 0.639. The fourth-order valence-corrected chi connectivity index (χ4v) is 1.93. The molecule has 0 radical (unpaired) electrons. The Morgan fingerprint density at radius 2 is 2.33 bits per heavy atom. The Bertz CT molecular complexity index is 269. The molecule has 0 spiro atoms. The van der Waals surface area contributed by atoms with Crippen molar-refractivity contribution in [2.75, 3.05) is 6.61 Å². The molecule has 0 N–H and O–H groups in total. The normalized spacial score (nSPS) is 29.5. The van der Waals surface area contributed by atoms with Crippen molar-refractivity contribution < 1.29 is 9.15 Å². The van der Waals surface area contributed by atoms with Crippen molar-refractivity contribution in [3.63, 3.8) is 0 Å². The van der Waals surface area contributed by atoms with Gasteiger partial charge in [-0.15, -0.1) is 0 Å². The second kappa shape index (κ2) is 2.63. The lowest BCUT2D eigenvalue weighted by molar-refractivity contribution is 0.0157. The van der Waals surface area contributed by atoms with Gasteiger partial charge in [0.2, 0.25) is 0 Å². The molecule has 2 heteroatoms. The molecule has 1 aromatic rings. The average Bonchev–Trinajstić information content (AvgIpc) is 2.59. The van der Waals surface area contributed by atoms with E-state index in [4.69, 9.17) is 9.15 Å². The molecular weight excluding hydrogens is 152 g/mol. The van der Waals surface area contributed by atoms with E-state index in [1.54, 1.807) is 6.26 Å². The zero-order chi connectivity index (χ0) is 8.60. The van der Waals surface area contributed by atoms with Crippen LogP contribution >= 0.6 is 0 Å². The molecule has 1 aliphatic rings. The van der Waals surface area contributed by atoms with Crippen molar-refractivity contribution in [2.45, 2.75) is 32.3 Å². The summed E-state index contributed by atoms with van der Waals surface area (Å²) >= 11 is 0. The Hall–Kier alpha value is -0.760. The first kappa shape index (κ1) is 7.87. The monoisotopic (exact) mass is 166 g/mol. The third kappa shape index (κ3) is 1.07. The van der Waals surface area contributed by atoms with Crippen LogP contribution in [0.25, 0.3) is 0 Å². The summed E-state index contributed by atoms with van der Waals surface area (Å²) < 4.78 is 11.0. The lowest BCUT2D eigenvalue weighted by atomic mass is 9.94. The third-order valence-electron chi connectivity index (χ3n) is 2.65. The third-order valence-corrected chi connectivity index (χ3v) is 2.65. The number of furan rings is 1. The van der Waals surface area contributed by atoms with Crippen LogP contribution in [0.15, 0.2) is 16.7 Å². The van der Waals surface area contributed by atoms with Gasteiger partial charge in [-0.25, -0.2) is 0 Å². The van der Waals surface area contributed by atoms with Gasteiger partial charge in [-0.05, 0) is 32.8 Å². The summed E-state index contributed by atoms with van der Waals surface area (Å²) in [5.41, 5.74) is 1.12. The van der Waals surface area contributed by atoms with Crippen LogP contribution in [-0.4, -0.2) is 6.61 Å². The second-order valence-electron chi connectivity index (χ2n) is 3.57. The molecule has 1 aliphatic heterocycles. The van der Waals surface area contributed by atoms with Crippen LogP contribution in [0.4, 0.5) is 0 Å². The fourth-order valence-electron chi connectivity index (χ4n) is 1.93. The maximum absolute atomic E-state index is 5.71. The number of hydrogen-bond donors (Lipinski definition) is 0. The van der Waals surface area contributed by atoms with Crippen molar-refractivity contribution in [3.8, 4) is 0 Å². The highest BCUT2D eigenvalue weighted by Gasteiger charge is 2.34. The van der Waals surface area contributed by atoms with Gasteiger partial charge in [-0.1, -0.05) is 0 Å². The average molecular weight is 166 g/mol. The van der Waals surface area contributed by atoms with Gasteiger partial charge in [-0.2, -0.15) is 0 Å². The van der Waals surface area contributed by atoms with Crippen LogP contribution in [0.5, 0.6) is 0 Å². The summed E-state index contributed by atoms with van der Waals surface area (Å²) in [6, 6.07) is 2.01. The SMILES string of the molecule is Cc1occc1C1(C)CCCO1. The lowest BCUT2D eigenvalue weighted by Gasteiger charge is -2.22. The van der Waals surface area contributed by atoms with E-state index >= 15 is 0 Å². The molecule has 0 amide bonds. The lowest BCUT2D eigenvalue weighted by Crippen LogP contribution is -2.19. The summed E-state index contributed by atoms with van der Waals surface area (Å²) in [4.78, 5) is 0. The van der Waals surface area contributed by atoms with E-state index in [0.29, 0.717) is 0 Å². The Kier molecular flexibility index (Phi) is 1.72. The maximum atomic E-state index is 5.71. The van der Waals surface area contributed by atoms with Crippen molar-refractivity contribution in [3.05, 3.63) is 23.7 Å². The molecule has 0 saturated carbocycles. The molecule has 0 aliphatic carbocycles. The molecule has 1 aromatic heterocycles. The van der Waals surface area contributed by atoms with E-state index in [-0.39, 0.29) is 5.60 Å². The number of rotatable bonds is 1. The molecule has 1 unspecified atom stereocenters. The molecule has 1 atom stereocenters. The zero-order valence-corrected chi connectivity index (χ0v) is 7.59. The first-order chi connectivity index (χ1) is 5.72. The molecule has 1 fully saturated rings. The summed E-state index contributed by atoms with van der Waals surface area (Å²) in [7, 11) is 0. The van der Waals surface area contributed by atoms with Crippen molar-refractivity contribution in [2.24, 2.45) is 0 Å². The van der Waals surface area contributed by atoms with Crippen molar-refractivity contribution in [1.29, 1.82) is 0 Å². The van der Waals surface area contributed by atoms with Gasteiger partial charge in [0.15, 0.2) is 0 Å². The highest BCUT2D eigenvalue weighted by Crippen LogP contribution is 2.37. The van der Waals surface area contributed by atoms with Crippen molar-refractivity contribution in [1.82, 2.24) is 0 Å². The van der Waals surface area contributed by atoms with Gasteiger partial charge in [-0.3, -0.25) is 0 Å². The standard InChI is InChI=1S/C10H14O2/c1-8-9(4-7-11-8)10(2)5-3-6-12-10/h4,7H,3,5-6H2,1-2H3. The van der Waals surface area contributed by atoms with E-state index in [1.165, 1.54) is 5.56 Å². The van der Waals surface area contributed by atoms with E-state index in [0.717, 1.165) is 25.2 Å². The molecule has 0 aromatic carbocycles. The van der Waals surface area contributed by atoms with Gasteiger partial charge in [0, 0.05) is 12.2 Å². The Labute approximate surface area is 72.5 Å². The first-order valence-electron chi connectivity index (χ1n) is 4.41. The van der Waals surface area contributed by atoms with Crippen LogP contribution < -0.4 is 0 Å². The van der Waals surface area contributed by atoms with Crippen LogP contribution in [0.3, 0.4) is 0 Å². The van der Waals surface area contributed by atoms with Gasteiger partial charge >= 0.3 is 0 Å². The predicted octanol–water partition coefficient (Wildman–Crippen LogP) is 2.61. The van der Waals surface area contributed by atoms with Crippen LogP contribution in [-0.2, 0) is 10.3 Å². The van der Waals surface area contributed by atoms with E-state index in [1.807, 2.05) is 13.0 Å². The summed E-state index contributed by atoms with van der Waals surface area (Å²) in [5.74, 6) is 0.986. The molecule has 1 saturated heterocycles. The highest BCUT2D eigenvalue weighted by atomic mass is 16.5. The number of ether oxygens (including phenoxy) is 1. The van der Waals surface area contributed by atoms with Gasteiger partial charge in [0.05, 0.1) is 11.9 Å². The summed E-state index contributed by atoms with van der Waals surface area (Å²) in [6.45, 7) is 5.00. The second-order valence-corrected chi connectivity index (χ2v) is 3.57. The van der Waals surface area contributed by atoms with E-state index in [2.05, 4.69) is 6.92 Å². The minimum Gasteiger partial charge on any atom is -0.469 e. The first-order valence-corrected chi connectivity index (χ1v) is 4.41. The van der Waals surface area contributed by atoms with Crippen LogP contribution in [0, 0.1) is 6.92 Å². The number of hydrogen-bond acceptors (Lipinski definition) is 2. The van der Waals surface area contributed by atoms with Crippen LogP contribution in [0.1, 0.15) is 31.1 Å². The molecule has 66 valence electrons. The molecule has 2 heterocycles. The molecule has 0 bridgehead atoms. The Morgan fingerprint density at radius 3 is 2.83 bits per heavy atom. The van der Waals surface area contributed by atoms with Gasteiger partial charge in [0.1, 0.15) is 5.76 Å². The highest BCUT2D eigenvalue weighted by molar-refractivity contribution is 5.24. The Balaban J connectivity index is 2.34. The zero-order valence-electron chi connectivity index (χ0n) is 7.59. The summed E-state index contributed by atoms with van der Waals surface area (Å²) in [6.07, 6.45) is 3.99. The van der Waals surface area contributed by atoms with Gasteiger partial charge in [0.25, 0.3) is 0 Å². The fraction of sp³-hybridized carbons (Fsp3) is 0.600. The summed E-state index contributed by atoms with van der Waals surface area (Å²) in [5, 5.41) is 0. The molecular formula is C10H14O2. The van der Waals surface area contributed by atoms with Gasteiger partial charge < -0.3 is 9.15 Å². The maximum Gasteiger partial charge on any atom is 0.106 e. The molecule has 2 nitrogen and oxygen atoms in total. The van der Waals surface area contributed by atoms with E-state index in [9.17, 15) is 0 Å². The minimum atomic E-state index is -0.0862. The Morgan fingerprint density at radius 1 is 1.50 bits per heavy atom. The van der Waals surface area contributed by atoms with Crippen molar-refractivity contribution >= 4 is 0 Å². The molecule has 2 rings (SSSR count). The topological polar surface area (TPSA) is 22.4 Å². The largest absolute Gasteiger partial charge is 0.469 e. The van der Waals surface area contributed by atoms with Crippen LogP contribution in [0.2, 0.25) is 0 Å². The minimum absolute atomic E-state index is 0.0862. The number of aryl methyl sites for hydroxylation is 1. The smallest absolute Gasteiger partial charge is 0.106 e. The molecule has 12 heavy (non-hydrogen) atoms. The predicted molar refractivity (Wildman–Crippen MR) is 46.0 cm³/mol. The van der Waals surface area contributed by atoms with E-state index < -0.39 is 0 Å².